The summed E-state index contributed by atoms with van der Waals surface area (Å²) in [6.07, 6.45) is 3.84. The predicted octanol–water partition coefficient (Wildman–Crippen LogP) is 2.68. The van der Waals surface area contributed by atoms with Crippen LogP contribution < -0.4 is 5.32 Å². The molecule has 0 aliphatic heterocycles. The number of imidazole rings is 1. The quantitative estimate of drug-likeness (QED) is 0.873. The molecule has 2 rings (SSSR count). The maximum Gasteiger partial charge on any atom is 0.110 e. The number of nitrogens with zero attached hydrogens (tertiary/aromatic N) is 2. The van der Waals surface area contributed by atoms with Crippen LogP contribution in [0.25, 0.3) is 5.69 Å². The van der Waals surface area contributed by atoms with Crippen molar-refractivity contribution >= 4 is 0 Å². The van der Waals surface area contributed by atoms with E-state index in [1.54, 1.807) is 0 Å². The number of aromatic nitrogens is 2. The summed E-state index contributed by atoms with van der Waals surface area (Å²) >= 11 is 0. The third-order valence-corrected chi connectivity index (χ3v) is 2.78. The molecule has 0 saturated carbocycles. The van der Waals surface area contributed by atoms with E-state index >= 15 is 0 Å². The summed E-state index contributed by atoms with van der Waals surface area (Å²) in [7, 11) is 0. The Bertz CT molecular complexity index is 486. The molecule has 90 valence electrons. The molecular weight excluding hydrogens is 210 g/mol. The van der Waals surface area contributed by atoms with E-state index in [0.29, 0.717) is 6.04 Å². The first-order valence-corrected chi connectivity index (χ1v) is 6.00. The standard InChI is InChI=1S/C14H19N3/c1-11(2)16-10-13-6-4-5-7-14(13)17-9-8-15-12(17)3/h4-9,11,16H,10H2,1-3H3. The Kier molecular flexibility index (Phi) is 3.59. The van der Waals surface area contributed by atoms with Crippen molar-refractivity contribution in [3.05, 3.63) is 48.0 Å². The zero-order valence-electron chi connectivity index (χ0n) is 10.6. The third-order valence-electron chi connectivity index (χ3n) is 2.78. The molecule has 2 aromatic rings. The molecule has 3 heteroatoms. The normalized spacial score (nSPS) is 11.1. The van der Waals surface area contributed by atoms with Gasteiger partial charge in [0.1, 0.15) is 5.82 Å². The molecule has 0 unspecified atom stereocenters. The van der Waals surface area contributed by atoms with Crippen LogP contribution in [0.1, 0.15) is 25.2 Å². The summed E-state index contributed by atoms with van der Waals surface area (Å²) in [5.74, 6) is 1.02. The van der Waals surface area contributed by atoms with Gasteiger partial charge in [-0.05, 0) is 18.6 Å². The first kappa shape index (κ1) is 11.9. The molecule has 0 amide bonds. The van der Waals surface area contributed by atoms with Gasteiger partial charge in [-0.3, -0.25) is 0 Å². The topological polar surface area (TPSA) is 29.9 Å². The Labute approximate surface area is 103 Å². The van der Waals surface area contributed by atoms with E-state index in [2.05, 4.69) is 53.0 Å². The lowest BCUT2D eigenvalue weighted by atomic mass is 10.1. The van der Waals surface area contributed by atoms with Gasteiger partial charge in [0, 0.05) is 25.0 Å². The van der Waals surface area contributed by atoms with Gasteiger partial charge in [-0.2, -0.15) is 0 Å². The number of hydrogen-bond donors (Lipinski definition) is 1. The molecule has 1 aromatic heterocycles. The molecule has 1 heterocycles. The highest BCUT2D eigenvalue weighted by Crippen LogP contribution is 2.16. The van der Waals surface area contributed by atoms with Crippen LogP contribution in [0.15, 0.2) is 36.7 Å². The molecule has 0 atom stereocenters. The number of nitrogens with one attached hydrogen (secondary N) is 1. The Hall–Kier alpha value is -1.61. The van der Waals surface area contributed by atoms with Crippen LogP contribution in [-0.4, -0.2) is 15.6 Å². The van der Waals surface area contributed by atoms with Crippen molar-refractivity contribution in [2.24, 2.45) is 0 Å². The minimum absolute atomic E-state index is 0.493. The van der Waals surface area contributed by atoms with Crippen molar-refractivity contribution in [2.45, 2.75) is 33.4 Å². The van der Waals surface area contributed by atoms with Crippen LogP contribution in [0.2, 0.25) is 0 Å². The molecule has 0 fully saturated rings. The molecule has 0 saturated heterocycles. The number of para-hydroxylation sites is 1. The molecule has 17 heavy (non-hydrogen) atoms. The Morgan fingerprint density at radius 2 is 2.06 bits per heavy atom. The van der Waals surface area contributed by atoms with E-state index in [9.17, 15) is 0 Å². The second-order valence-electron chi connectivity index (χ2n) is 4.51. The fraction of sp³-hybridized carbons (Fsp3) is 0.357. The maximum atomic E-state index is 4.27. The molecule has 3 nitrogen and oxygen atoms in total. The van der Waals surface area contributed by atoms with Gasteiger partial charge in [-0.1, -0.05) is 32.0 Å². The molecule has 0 spiro atoms. The summed E-state index contributed by atoms with van der Waals surface area (Å²) in [6.45, 7) is 7.22. The molecule has 1 N–H and O–H groups in total. The Morgan fingerprint density at radius 1 is 1.29 bits per heavy atom. The number of aryl methyl sites for hydroxylation is 1. The molecule has 1 aromatic carbocycles. The average molecular weight is 229 g/mol. The van der Waals surface area contributed by atoms with Crippen molar-refractivity contribution in [3.8, 4) is 5.69 Å². The smallest absolute Gasteiger partial charge is 0.110 e. The number of rotatable bonds is 4. The average Bonchev–Trinajstić information content (AvgIpc) is 2.73. The second-order valence-corrected chi connectivity index (χ2v) is 4.51. The maximum absolute atomic E-state index is 4.27. The molecule has 0 aliphatic rings. The van der Waals surface area contributed by atoms with Crippen LogP contribution in [0.4, 0.5) is 0 Å². The zero-order valence-corrected chi connectivity index (χ0v) is 10.6. The lowest BCUT2D eigenvalue weighted by molar-refractivity contribution is 0.587. The van der Waals surface area contributed by atoms with E-state index in [4.69, 9.17) is 0 Å². The monoisotopic (exact) mass is 229 g/mol. The van der Waals surface area contributed by atoms with Crippen molar-refractivity contribution in [2.75, 3.05) is 0 Å². The van der Waals surface area contributed by atoms with Crippen molar-refractivity contribution in [1.82, 2.24) is 14.9 Å². The van der Waals surface area contributed by atoms with Gasteiger partial charge >= 0.3 is 0 Å². The summed E-state index contributed by atoms with van der Waals surface area (Å²) in [4.78, 5) is 4.27. The van der Waals surface area contributed by atoms with Crippen molar-refractivity contribution < 1.29 is 0 Å². The highest BCUT2D eigenvalue weighted by molar-refractivity contribution is 5.41. The Morgan fingerprint density at radius 3 is 2.71 bits per heavy atom. The molecule has 0 bridgehead atoms. The Balaban J connectivity index is 2.31. The lowest BCUT2D eigenvalue weighted by Crippen LogP contribution is -2.22. The van der Waals surface area contributed by atoms with Gasteiger partial charge in [0.05, 0.1) is 5.69 Å². The summed E-state index contributed by atoms with van der Waals surface area (Å²) in [5, 5.41) is 3.45. The van der Waals surface area contributed by atoms with E-state index < -0.39 is 0 Å². The largest absolute Gasteiger partial charge is 0.310 e. The van der Waals surface area contributed by atoms with Crippen molar-refractivity contribution in [3.63, 3.8) is 0 Å². The summed E-state index contributed by atoms with van der Waals surface area (Å²) in [6, 6.07) is 8.92. The molecular formula is C14H19N3. The van der Waals surface area contributed by atoms with Gasteiger partial charge in [0.2, 0.25) is 0 Å². The van der Waals surface area contributed by atoms with Crippen LogP contribution in [0.5, 0.6) is 0 Å². The van der Waals surface area contributed by atoms with Gasteiger partial charge in [-0.25, -0.2) is 4.98 Å². The van der Waals surface area contributed by atoms with E-state index in [0.717, 1.165) is 12.4 Å². The van der Waals surface area contributed by atoms with Crippen molar-refractivity contribution in [1.29, 1.82) is 0 Å². The van der Waals surface area contributed by atoms with Gasteiger partial charge in [0.15, 0.2) is 0 Å². The number of hydrogen-bond acceptors (Lipinski definition) is 2. The molecule has 0 aliphatic carbocycles. The van der Waals surface area contributed by atoms with Crippen LogP contribution in [0.3, 0.4) is 0 Å². The first-order chi connectivity index (χ1) is 8.18. The second kappa shape index (κ2) is 5.15. The number of benzene rings is 1. The van der Waals surface area contributed by atoms with Crippen LogP contribution in [-0.2, 0) is 6.54 Å². The van der Waals surface area contributed by atoms with Crippen LogP contribution in [0, 0.1) is 6.92 Å². The zero-order chi connectivity index (χ0) is 12.3. The highest BCUT2D eigenvalue weighted by atomic mass is 15.1. The minimum atomic E-state index is 0.493. The van der Waals surface area contributed by atoms with Crippen LogP contribution >= 0.6 is 0 Å². The summed E-state index contributed by atoms with van der Waals surface area (Å²) < 4.78 is 2.12. The van der Waals surface area contributed by atoms with Gasteiger partial charge in [-0.15, -0.1) is 0 Å². The fourth-order valence-electron chi connectivity index (χ4n) is 1.84. The first-order valence-electron chi connectivity index (χ1n) is 6.00. The highest BCUT2D eigenvalue weighted by Gasteiger charge is 2.06. The lowest BCUT2D eigenvalue weighted by Gasteiger charge is -2.14. The fourth-order valence-corrected chi connectivity index (χ4v) is 1.84. The van der Waals surface area contributed by atoms with E-state index in [1.807, 2.05) is 19.3 Å². The van der Waals surface area contributed by atoms with E-state index in [-0.39, 0.29) is 0 Å². The van der Waals surface area contributed by atoms with Gasteiger partial charge < -0.3 is 9.88 Å². The predicted molar refractivity (Wildman–Crippen MR) is 70.3 cm³/mol. The third kappa shape index (κ3) is 2.74. The van der Waals surface area contributed by atoms with Gasteiger partial charge in [0.25, 0.3) is 0 Å². The summed E-state index contributed by atoms with van der Waals surface area (Å²) in [5.41, 5.74) is 2.50. The van der Waals surface area contributed by atoms with E-state index in [1.165, 1.54) is 11.3 Å². The molecule has 0 radical (unpaired) electrons. The minimum Gasteiger partial charge on any atom is -0.310 e. The SMILES string of the molecule is Cc1nccn1-c1ccccc1CNC(C)C.